The maximum atomic E-state index is 14.9. The summed E-state index contributed by atoms with van der Waals surface area (Å²) in [6.07, 6.45) is 1.42. The molecule has 7 rings (SSSR count). The first-order valence-corrected chi connectivity index (χ1v) is 15.4. The number of piperidine rings is 1. The van der Waals surface area contributed by atoms with E-state index in [0.29, 0.717) is 25.3 Å². The summed E-state index contributed by atoms with van der Waals surface area (Å²) in [5.41, 5.74) is 2.62. The van der Waals surface area contributed by atoms with Gasteiger partial charge in [-0.1, -0.05) is 17.7 Å². The van der Waals surface area contributed by atoms with Crippen molar-refractivity contribution in [2.45, 2.75) is 44.5 Å². The molecule has 1 spiro atoms. The number of alkyl halides is 3. The number of nitrogens with zero attached hydrogens (tertiary/aromatic N) is 6. The Morgan fingerprint density at radius 1 is 1.04 bits per heavy atom. The van der Waals surface area contributed by atoms with Crippen LogP contribution in [0.3, 0.4) is 0 Å². The molecule has 1 atom stereocenters. The van der Waals surface area contributed by atoms with Gasteiger partial charge in [-0.05, 0) is 55.0 Å². The standard InChI is InChI=1S/C30H25ClF2N6O4.C2HF3O2/c31-19-3-1-18(22(32)10-19)14-43-29-34-12-23(33)27(37-29)38-7-5-30(6-8-38)11-21(30)26-36-24-4-2-17(28(40)41)9-25(24)39(26)13-20-15-42-16-35-20;3-2(4,5)1(6)7/h1-4,9-10,12,15-16,21H,5-8,11,13-14H2,(H,40,41);(H,6,7). The molecular formula is C32H26ClF5N6O6. The molecule has 262 valence electrons. The van der Waals surface area contributed by atoms with Gasteiger partial charge in [-0.2, -0.15) is 18.2 Å². The van der Waals surface area contributed by atoms with Crippen LogP contribution in [0.5, 0.6) is 6.01 Å². The summed E-state index contributed by atoms with van der Waals surface area (Å²) >= 11 is 5.81. The van der Waals surface area contributed by atoms with Crippen LogP contribution >= 0.6 is 11.6 Å². The number of benzene rings is 2. The summed E-state index contributed by atoms with van der Waals surface area (Å²) in [6, 6.07) is 9.17. The number of carboxylic acid groups (broad SMARTS) is 2. The van der Waals surface area contributed by atoms with E-state index in [4.69, 9.17) is 35.6 Å². The predicted molar refractivity (Wildman–Crippen MR) is 165 cm³/mol. The zero-order valence-corrected chi connectivity index (χ0v) is 26.5. The Labute approximate surface area is 284 Å². The summed E-state index contributed by atoms with van der Waals surface area (Å²) in [4.78, 5) is 39.8. The maximum Gasteiger partial charge on any atom is 0.490 e. The number of aromatic carboxylic acids is 1. The molecule has 1 aliphatic heterocycles. The first kappa shape index (κ1) is 34.5. The van der Waals surface area contributed by atoms with Gasteiger partial charge >= 0.3 is 24.1 Å². The Hall–Kier alpha value is -5.32. The molecule has 1 unspecified atom stereocenters. The molecule has 0 bridgehead atoms. The van der Waals surface area contributed by atoms with Crippen LogP contribution in [0.15, 0.2) is 59.7 Å². The van der Waals surface area contributed by atoms with E-state index in [0.717, 1.165) is 42.3 Å². The van der Waals surface area contributed by atoms with Crippen LogP contribution in [-0.2, 0) is 17.9 Å². The van der Waals surface area contributed by atoms with Crippen molar-refractivity contribution >= 4 is 40.4 Å². The van der Waals surface area contributed by atoms with Gasteiger partial charge in [0.05, 0.1) is 35.0 Å². The molecule has 5 aromatic rings. The van der Waals surface area contributed by atoms with Gasteiger partial charge < -0.3 is 28.8 Å². The lowest BCUT2D eigenvalue weighted by molar-refractivity contribution is -0.192. The highest BCUT2D eigenvalue weighted by Crippen LogP contribution is 2.65. The predicted octanol–water partition coefficient (Wildman–Crippen LogP) is 6.48. The zero-order valence-electron chi connectivity index (χ0n) is 25.7. The molecule has 0 amide bonds. The van der Waals surface area contributed by atoms with Gasteiger partial charge in [0.15, 0.2) is 18.0 Å². The van der Waals surface area contributed by atoms with Gasteiger partial charge in [-0.25, -0.2) is 33.3 Å². The van der Waals surface area contributed by atoms with Crippen molar-refractivity contribution < 1.29 is 50.9 Å². The number of oxazole rings is 1. The van der Waals surface area contributed by atoms with Crippen LogP contribution in [0.4, 0.5) is 27.8 Å². The number of fused-ring (bicyclic) bond motifs is 1. The Balaban J connectivity index is 0.000000561. The largest absolute Gasteiger partial charge is 0.490 e. The number of rotatable bonds is 8. The van der Waals surface area contributed by atoms with Gasteiger partial charge in [0.2, 0.25) is 0 Å². The topological polar surface area (TPSA) is 157 Å². The van der Waals surface area contributed by atoms with E-state index in [9.17, 15) is 31.9 Å². The summed E-state index contributed by atoms with van der Waals surface area (Å²) in [6.45, 7) is 1.42. The van der Waals surface area contributed by atoms with Crippen LogP contribution in [0.25, 0.3) is 11.0 Å². The molecule has 3 aromatic heterocycles. The van der Waals surface area contributed by atoms with E-state index in [2.05, 4.69) is 15.0 Å². The van der Waals surface area contributed by atoms with Gasteiger partial charge in [-0.15, -0.1) is 0 Å². The Morgan fingerprint density at radius 2 is 1.78 bits per heavy atom. The lowest BCUT2D eigenvalue weighted by Crippen LogP contribution is -2.36. The fourth-order valence-electron chi connectivity index (χ4n) is 6.03. The number of anilines is 1. The molecule has 0 radical (unpaired) electrons. The fraction of sp³-hybridized carbons (Fsp3) is 0.312. The summed E-state index contributed by atoms with van der Waals surface area (Å²) in [7, 11) is 0. The average molecular weight is 721 g/mol. The highest BCUT2D eigenvalue weighted by Gasteiger charge is 2.57. The number of halogens is 6. The average Bonchev–Trinajstić information content (AvgIpc) is 3.35. The monoisotopic (exact) mass is 720 g/mol. The van der Waals surface area contributed by atoms with E-state index < -0.39 is 29.7 Å². The molecule has 1 saturated carbocycles. The molecule has 2 aromatic carbocycles. The third-order valence-corrected chi connectivity index (χ3v) is 8.94. The second-order valence-electron chi connectivity index (χ2n) is 11.8. The number of hydrogen-bond donors (Lipinski definition) is 2. The van der Waals surface area contributed by atoms with Crippen molar-refractivity contribution in [3.8, 4) is 6.01 Å². The van der Waals surface area contributed by atoms with E-state index in [-0.39, 0.29) is 45.9 Å². The highest BCUT2D eigenvalue weighted by molar-refractivity contribution is 6.30. The summed E-state index contributed by atoms with van der Waals surface area (Å²) in [5, 5.41) is 17.0. The Kier molecular flexibility index (Phi) is 9.35. The van der Waals surface area contributed by atoms with Crippen LogP contribution in [-0.4, -0.2) is 65.9 Å². The van der Waals surface area contributed by atoms with Crippen molar-refractivity contribution in [3.63, 3.8) is 0 Å². The smallest absolute Gasteiger partial charge is 0.478 e. The minimum Gasteiger partial charge on any atom is -0.478 e. The third kappa shape index (κ3) is 7.31. The lowest BCUT2D eigenvalue weighted by atomic mass is 9.90. The molecule has 2 fully saturated rings. The van der Waals surface area contributed by atoms with Gasteiger partial charge in [0, 0.05) is 29.6 Å². The minimum absolute atomic E-state index is 0.00990. The van der Waals surface area contributed by atoms with Crippen molar-refractivity contribution in [1.29, 1.82) is 0 Å². The van der Waals surface area contributed by atoms with Gasteiger partial charge in [0.1, 0.15) is 24.5 Å². The van der Waals surface area contributed by atoms with Crippen LogP contribution in [0.1, 0.15) is 52.6 Å². The van der Waals surface area contributed by atoms with E-state index in [1.165, 1.54) is 18.5 Å². The normalized spacial score (nSPS) is 16.6. The molecule has 2 N–H and O–H groups in total. The number of ether oxygens (including phenoxy) is 1. The lowest BCUT2D eigenvalue weighted by Gasteiger charge is -2.33. The number of imidazole rings is 1. The number of aliphatic carboxylic acids is 1. The van der Waals surface area contributed by atoms with Gasteiger partial charge in [0.25, 0.3) is 0 Å². The van der Waals surface area contributed by atoms with Crippen molar-refractivity contribution in [1.82, 2.24) is 24.5 Å². The second kappa shape index (κ2) is 13.5. The zero-order chi connectivity index (χ0) is 35.8. The number of carbonyl (C=O) groups is 2. The minimum atomic E-state index is -5.08. The first-order valence-electron chi connectivity index (χ1n) is 15.0. The van der Waals surface area contributed by atoms with Crippen LogP contribution in [0.2, 0.25) is 5.02 Å². The van der Waals surface area contributed by atoms with Gasteiger partial charge in [-0.3, -0.25) is 0 Å². The second-order valence-corrected chi connectivity index (χ2v) is 12.2. The molecule has 2 aliphatic rings. The summed E-state index contributed by atoms with van der Waals surface area (Å²) in [5.74, 6) is -3.64. The molecule has 1 aliphatic carbocycles. The quantitative estimate of drug-likeness (QED) is 0.169. The number of hydrogen-bond acceptors (Lipinski definition) is 9. The van der Waals surface area contributed by atoms with Crippen molar-refractivity contribution in [2.75, 3.05) is 18.0 Å². The Bertz CT molecular complexity index is 2050. The molecule has 50 heavy (non-hydrogen) atoms. The van der Waals surface area contributed by atoms with E-state index in [1.54, 1.807) is 30.5 Å². The van der Waals surface area contributed by atoms with Crippen LogP contribution < -0.4 is 9.64 Å². The van der Waals surface area contributed by atoms with Crippen molar-refractivity contribution in [3.05, 3.63) is 94.6 Å². The number of carboxylic acids is 2. The summed E-state index contributed by atoms with van der Waals surface area (Å²) < 4.78 is 73.5. The van der Waals surface area contributed by atoms with Crippen LogP contribution in [0, 0.1) is 17.0 Å². The molecule has 12 nitrogen and oxygen atoms in total. The molecule has 4 heterocycles. The maximum absolute atomic E-state index is 14.9. The molecule has 1 saturated heterocycles. The number of aromatic nitrogens is 5. The van der Waals surface area contributed by atoms with E-state index in [1.807, 2.05) is 9.47 Å². The SMILES string of the molecule is O=C(O)C(F)(F)F.O=C(O)c1ccc2nc(C3CC34CCN(c3nc(OCc5ccc(Cl)cc5F)ncc3F)CC4)n(Cc3cocn3)c2c1. The Morgan fingerprint density at radius 3 is 2.42 bits per heavy atom. The molecule has 18 heteroatoms. The van der Waals surface area contributed by atoms with Crippen molar-refractivity contribution in [2.24, 2.45) is 5.41 Å². The third-order valence-electron chi connectivity index (χ3n) is 8.71. The van der Waals surface area contributed by atoms with E-state index >= 15 is 0 Å². The fourth-order valence-corrected chi connectivity index (χ4v) is 6.19. The first-order chi connectivity index (χ1) is 23.7. The highest BCUT2D eigenvalue weighted by atomic mass is 35.5. The molecular weight excluding hydrogens is 695 g/mol.